The maximum absolute atomic E-state index is 12.8. The molecule has 0 aliphatic carbocycles. The summed E-state index contributed by atoms with van der Waals surface area (Å²) in [5.41, 5.74) is -1.63. The summed E-state index contributed by atoms with van der Waals surface area (Å²) in [5.74, 6) is -0.394. The number of fused-ring (bicyclic) bond motifs is 1. The van der Waals surface area contributed by atoms with Crippen LogP contribution in [0.1, 0.15) is 18.1 Å². The highest BCUT2D eigenvalue weighted by atomic mass is 19.4. The monoisotopic (exact) mass is 469 g/mol. The van der Waals surface area contributed by atoms with Crippen LogP contribution in [0.5, 0.6) is 11.5 Å². The first-order chi connectivity index (χ1) is 15.5. The number of hydrogen-bond acceptors (Lipinski definition) is 8. The van der Waals surface area contributed by atoms with Gasteiger partial charge in [0, 0.05) is 12.6 Å². The molecular formula is C20H18F3N3O7. The fourth-order valence-electron chi connectivity index (χ4n) is 2.85. The maximum Gasteiger partial charge on any atom is 0.416 e. The highest BCUT2D eigenvalue weighted by Gasteiger charge is 2.33. The first-order valence-electron chi connectivity index (χ1n) is 9.50. The number of esters is 1. The number of alkyl halides is 3. The van der Waals surface area contributed by atoms with Gasteiger partial charge < -0.3 is 24.8 Å². The van der Waals surface area contributed by atoms with Gasteiger partial charge in [0.05, 0.1) is 10.5 Å². The van der Waals surface area contributed by atoms with E-state index in [9.17, 15) is 32.9 Å². The van der Waals surface area contributed by atoms with Crippen molar-refractivity contribution in [2.24, 2.45) is 0 Å². The second-order valence-corrected chi connectivity index (χ2v) is 6.88. The molecule has 2 aromatic rings. The summed E-state index contributed by atoms with van der Waals surface area (Å²) in [4.78, 5) is 34.2. The number of carbonyl (C=O) groups excluding carboxylic acids is 2. The molecular weight excluding hydrogens is 451 g/mol. The molecule has 0 saturated carbocycles. The van der Waals surface area contributed by atoms with Crippen LogP contribution in [0, 0.1) is 10.1 Å². The Hall–Kier alpha value is -4.03. The maximum atomic E-state index is 12.8. The van der Waals surface area contributed by atoms with E-state index in [4.69, 9.17) is 14.2 Å². The van der Waals surface area contributed by atoms with Gasteiger partial charge in [-0.25, -0.2) is 0 Å². The number of benzene rings is 2. The van der Waals surface area contributed by atoms with Gasteiger partial charge in [0.1, 0.15) is 12.2 Å². The fraction of sp³-hybridized carbons (Fsp3) is 0.300. The highest BCUT2D eigenvalue weighted by molar-refractivity contribution is 5.84. The Labute approximate surface area is 184 Å². The quantitative estimate of drug-likeness (QED) is 0.343. The number of hydrogen-bond donors (Lipinski definition) is 2. The molecule has 0 spiro atoms. The van der Waals surface area contributed by atoms with Gasteiger partial charge in [-0.1, -0.05) is 6.07 Å². The molecule has 0 radical (unpaired) electrons. The molecule has 1 heterocycles. The normalized spacial score (nSPS) is 13.2. The Morgan fingerprint density at radius 2 is 1.91 bits per heavy atom. The molecule has 1 unspecified atom stereocenters. The van der Waals surface area contributed by atoms with Gasteiger partial charge in [0.25, 0.3) is 11.6 Å². The van der Waals surface area contributed by atoms with Crippen LogP contribution < -0.4 is 20.1 Å². The largest absolute Gasteiger partial charge is 0.454 e. The summed E-state index contributed by atoms with van der Waals surface area (Å²) in [7, 11) is 0. The predicted molar refractivity (Wildman–Crippen MR) is 107 cm³/mol. The molecule has 0 saturated heterocycles. The van der Waals surface area contributed by atoms with Crippen molar-refractivity contribution in [1.29, 1.82) is 0 Å². The summed E-state index contributed by atoms with van der Waals surface area (Å²) in [6.45, 7) is 0.967. The summed E-state index contributed by atoms with van der Waals surface area (Å²) in [6, 6.07) is 6.97. The summed E-state index contributed by atoms with van der Waals surface area (Å²) in [6.07, 6.45) is -5.94. The van der Waals surface area contributed by atoms with Gasteiger partial charge >= 0.3 is 12.1 Å². The lowest BCUT2D eigenvalue weighted by molar-refractivity contribution is -0.384. The van der Waals surface area contributed by atoms with Crippen molar-refractivity contribution in [2.75, 3.05) is 18.7 Å². The minimum Gasteiger partial charge on any atom is -0.454 e. The van der Waals surface area contributed by atoms with Crippen LogP contribution in [-0.4, -0.2) is 36.2 Å². The van der Waals surface area contributed by atoms with Gasteiger partial charge in [-0.15, -0.1) is 0 Å². The van der Waals surface area contributed by atoms with Crippen molar-refractivity contribution in [3.8, 4) is 11.5 Å². The molecule has 2 aromatic carbocycles. The number of anilines is 1. The Morgan fingerprint density at radius 1 is 1.18 bits per heavy atom. The number of nitrogens with zero attached hydrogens (tertiary/aromatic N) is 1. The molecule has 2 N–H and O–H groups in total. The van der Waals surface area contributed by atoms with E-state index in [1.165, 1.54) is 6.92 Å². The van der Waals surface area contributed by atoms with Crippen LogP contribution in [0.2, 0.25) is 0 Å². The van der Waals surface area contributed by atoms with Crippen molar-refractivity contribution in [3.05, 3.63) is 57.6 Å². The van der Waals surface area contributed by atoms with Crippen LogP contribution in [0.15, 0.2) is 36.4 Å². The predicted octanol–water partition coefficient (Wildman–Crippen LogP) is 3.00. The average Bonchev–Trinajstić information content (AvgIpc) is 3.23. The smallest absolute Gasteiger partial charge is 0.416 e. The number of rotatable bonds is 8. The zero-order valence-corrected chi connectivity index (χ0v) is 17.1. The number of amides is 1. The van der Waals surface area contributed by atoms with Crippen LogP contribution in [0.4, 0.5) is 24.5 Å². The molecule has 0 fully saturated rings. The SMILES string of the molecule is CC(OC(=O)CNc1ccc(C(F)(F)F)cc1[N+](=O)[O-])C(=O)NCc1ccc2c(c1)OCO2. The lowest BCUT2D eigenvalue weighted by atomic mass is 10.1. The van der Waals surface area contributed by atoms with E-state index < -0.39 is 46.9 Å². The standard InChI is InChI=1S/C20H18F3N3O7/c1-11(19(28)25-8-12-2-5-16-17(6-12)32-10-31-16)33-18(27)9-24-14-4-3-13(20(21,22)23)7-15(14)26(29)30/h2-7,11,24H,8-10H2,1H3,(H,25,28). The number of nitrogens with one attached hydrogen (secondary N) is 2. The first-order valence-corrected chi connectivity index (χ1v) is 9.50. The van der Waals surface area contributed by atoms with E-state index in [1.807, 2.05) is 0 Å². The second-order valence-electron chi connectivity index (χ2n) is 6.88. The van der Waals surface area contributed by atoms with Gasteiger partial charge in [0.15, 0.2) is 17.6 Å². The molecule has 1 aliphatic rings. The van der Waals surface area contributed by atoms with Crippen LogP contribution >= 0.6 is 0 Å². The molecule has 1 amide bonds. The average molecular weight is 469 g/mol. The third-order valence-corrected chi connectivity index (χ3v) is 4.53. The Morgan fingerprint density at radius 3 is 2.61 bits per heavy atom. The van der Waals surface area contributed by atoms with Crippen molar-refractivity contribution < 1.29 is 41.9 Å². The number of carbonyl (C=O) groups is 2. The van der Waals surface area contributed by atoms with Gasteiger partial charge in [0.2, 0.25) is 6.79 Å². The number of nitro groups is 1. The molecule has 0 aromatic heterocycles. The number of ether oxygens (including phenoxy) is 3. The third kappa shape index (κ3) is 6.02. The number of nitro benzene ring substituents is 1. The zero-order chi connectivity index (χ0) is 24.2. The van der Waals surface area contributed by atoms with Crippen molar-refractivity contribution >= 4 is 23.3 Å². The van der Waals surface area contributed by atoms with E-state index in [1.54, 1.807) is 18.2 Å². The van der Waals surface area contributed by atoms with Crippen LogP contribution in [0.3, 0.4) is 0 Å². The molecule has 3 rings (SSSR count). The van der Waals surface area contributed by atoms with E-state index in [-0.39, 0.29) is 19.0 Å². The lowest BCUT2D eigenvalue weighted by Crippen LogP contribution is -2.36. The lowest BCUT2D eigenvalue weighted by Gasteiger charge is -2.15. The highest BCUT2D eigenvalue weighted by Crippen LogP contribution is 2.35. The topological polar surface area (TPSA) is 129 Å². The Balaban J connectivity index is 1.51. The molecule has 13 heteroatoms. The Bertz CT molecular complexity index is 1080. The van der Waals surface area contributed by atoms with Crippen LogP contribution in [0.25, 0.3) is 0 Å². The van der Waals surface area contributed by atoms with E-state index >= 15 is 0 Å². The second kappa shape index (κ2) is 9.63. The van der Waals surface area contributed by atoms with Crippen molar-refractivity contribution in [1.82, 2.24) is 5.32 Å². The van der Waals surface area contributed by atoms with Crippen molar-refractivity contribution in [2.45, 2.75) is 25.7 Å². The molecule has 176 valence electrons. The molecule has 0 bridgehead atoms. The summed E-state index contributed by atoms with van der Waals surface area (Å²) >= 11 is 0. The first kappa shape index (κ1) is 23.6. The summed E-state index contributed by atoms with van der Waals surface area (Å²) < 4.78 is 53.7. The number of halogens is 3. The molecule has 1 atom stereocenters. The van der Waals surface area contributed by atoms with Crippen LogP contribution in [-0.2, 0) is 27.0 Å². The van der Waals surface area contributed by atoms with E-state index in [0.717, 1.165) is 11.6 Å². The molecule has 33 heavy (non-hydrogen) atoms. The van der Waals surface area contributed by atoms with Crippen molar-refractivity contribution in [3.63, 3.8) is 0 Å². The third-order valence-electron chi connectivity index (χ3n) is 4.53. The fourth-order valence-corrected chi connectivity index (χ4v) is 2.85. The minimum absolute atomic E-state index is 0.113. The summed E-state index contributed by atoms with van der Waals surface area (Å²) in [5, 5.41) is 16.0. The molecule has 10 nitrogen and oxygen atoms in total. The van der Waals surface area contributed by atoms with Gasteiger partial charge in [-0.3, -0.25) is 19.7 Å². The van der Waals surface area contributed by atoms with E-state index in [0.29, 0.717) is 23.6 Å². The van der Waals surface area contributed by atoms with E-state index in [2.05, 4.69) is 10.6 Å². The minimum atomic E-state index is -4.76. The van der Waals surface area contributed by atoms with Gasteiger partial charge in [-0.2, -0.15) is 13.2 Å². The van der Waals surface area contributed by atoms with Gasteiger partial charge in [-0.05, 0) is 36.8 Å². The Kier molecular flexibility index (Phi) is 6.89. The zero-order valence-electron chi connectivity index (χ0n) is 17.1. The molecule has 1 aliphatic heterocycles.